The first kappa shape index (κ1) is 15.4. The van der Waals surface area contributed by atoms with Gasteiger partial charge in [0.25, 0.3) is 5.91 Å². The van der Waals surface area contributed by atoms with Gasteiger partial charge < -0.3 is 15.8 Å². The maximum absolute atomic E-state index is 11.8. The number of ether oxygens (including phenoxy) is 1. The van der Waals surface area contributed by atoms with Crippen LogP contribution >= 0.6 is 12.2 Å². The highest BCUT2D eigenvalue weighted by Gasteiger charge is 2.18. The van der Waals surface area contributed by atoms with Gasteiger partial charge in [-0.2, -0.15) is 0 Å². The number of carbonyl (C=O) groups is 1. The maximum Gasteiger partial charge on any atom is 0.258 e. The van der Waals surface area contributed by atoms with E-state index in [1.807, 2.05) is 32.9 Å². The lowest BCUT2D eigenvalue weighted by molar-refractivity contribution is -0.124. The number of hydrogen-bond donors (Lipinski definition) is 2. The summed E-state index contributed by atoms with van der Waals surface area (Å²) in [5, 5.41) is 2.90. The summed E-state index contributed by atoms with van der Waals surface area (Å²) in [7, 11) is 0. The SMILES string of the molecule is CCC(C)(C)NC(=O)COc1ccccc1C(N)=S. The molecule has 0 unspecified atom stereocenters. The van der Waals surface area contributed by atoms with E-state index in [2.05, 4.69) is 5.32 Å². The van der Waals surface area contributed by atoms with Crippen molar-refractivity contribution in [1.29, 1.82) is 0 Å². The minimum Gasteiger partial charge on any atom is -0.483 e. The Kier molecular flexibility index (Phi) is 5.30. The van der Waals surface area contributed by atoms with Crippen molar-refractivity contribution in [1.82, 2.24) is 5.32 Å². The Balaban J connectivity index is 2.63. The van der Waals surface area contributed by atoms with E-state index in [0.717, 1.165) is 6.42 Å². The minimum atomic E-state index is -0.233. The Bertz CT molecular complexity index is 472. The van der Waals surface area contributed by atoms with Crippen LogP contribution in [0.4, 0.5) is 0 Å². The summed E-state index contributed by atoms with van der Waals surface area (Å²) >= 11 is 4.93. The third-order valence-electron chi connectivity index (χ3n) is 2.87. The zero-order valence-electron chi connectivity index (χ0n) is 11.5. The molecule has 5 heteroatoms. The number of benzene rings is 1. The van der Waals surface area contributed by atoms with Crippen LogP contribution in [0.1, 0.15) is 32.8 Å². The van der Waals surface area contributed by atoms with Crippen molar-refractivity contribution >= 4 is 23.1 Å². The van der Waals surface area contributed by atoms with Crippen molar-refractivity contribution in [3.8, 4) is 5.75 Å². The Morgan fingerprint density at radius 3 is 2.63 bits per heavy atom. The monoisotopic (exact) mass is 280 g/mol. The largest absolute Gasteiger partial charge is 0.483 e. The topological polar surface area (TPSA) is 64.3 Å². The van der Waals surface area contributed by atoms with E-state index in [-0.39, 0.29) is 23.0 Å². The van der Waals surface area contributed by atoms with Gasteiger partial charge in [-0.25, -0.2) is 0 Å². The quantitative estimate of drug-likeness (QED) is 0.782. The predicted molar refractivity (Wildman–Crippen MR) is 80.3 cm³/mol. The van der Waals surface area contributed by atoms with Crippen LogP contribution in [0.2, 0.25) is 0 Å². The van der Waals surface area contributed by atoms with Gasteiger partial charge in [0.05, 0.1) is 5.56 Å². The van der Waals surface area contributed by atoms with Gasteiger partial charge in [0.2, 0.25) is 0 Å². The standard InChI is InChI=1S/C14H20N2O2S/c1-4-14(2,3)16-12(17)9-18-11-8-6-5-7-10(11)13(15)19/h5-8H,4,9H2,1-3H3,(H2,15,19)(H,16,17). The van der Waals surface area contributed by atoms with Crippen LogP contribution in [0.25, 0.3) is 0 Å². The molecule has 0 saturated carbocycles. The highest BCUT2D eigenvalue weighted by atomic mass is 32.1. The molecule has 0 aliphatic carbocycles. The molecule has 0 atom stereocenters. The highest BCUT2D eigenvalue weighted by molar-refractivity contribution is 7.80. The smallest absolute Gasteiger partial charge is 0.258 e. The molecule has 0 heterocycles. The maximum atomic E-state index is 11.8. The number of rotatable bonds is 6. The molecule has 0 radical (unpaired) electrons. The Morgan fingerprint density at radius 2 is 2.05 bits per heavy atom. The molecule has 0 fully saturated rings. The van der Waals surface area contributed by atoms with Crippen LogP contribution in [0, 0.1) is 0 Å². The summed E-state index contributed by atoms with van der Waals surface area (Å²) < 4.78 is 5.47. The fourth-order valence-electron chi connectivity index (χ4n) is 1.44. The summed E-state index contributed by atoms with van der Waals surface area (Å²) in [5.74, 6) is 0.365. The van der Waals surface area contributed by atoms with E-state index < -0.39 is 0 Å². The normalized spacial score (nSPS) is 10.9. The van der Waals surface area contributed by atoms with E-state index in [0.29, 0.717) is 11.3 Å². The summed E-state index contributed by atoms with van der Waals surface area (Å²) in [4.78, 5) is 12.0. The first-order valence-electron chi connectivity index (χ1n) is 6.18. The molecule has 19 heavy (non-hydrogen) atoms. The fourth-order valence-corrected chi connectivity index (χ4v) is 1.61. The van der Waals surface area contributed by atoms with Gasteiger partial charge in [-0.1, -0.05) is 31.3 Å². The Labute approximate surface area is 119 Å². The summed E-state index contributed by atoms with van der Waals surface area (Å²) in [6.07, 6.45) is 0.849. The average Bonchev–Trinajstić information content (AvgIpc) is 2.36. The molecule has 1 rings (SSSR count). The molecule has 0 aromatic heterocycles. The third-order valence-corrected chi connectivity index (χ3v) is 3.09. The molecule has 4 nitrogen and oxygen atoms in total. The number of nitrogens with one attached hydrogen (secondary N) is 1. The van der Waals surface area contributed by atoms with Crippen LogP contribution in [-0.4, -0.2) is 23.0 Å². The van der Waals surface area contributed by atoms with Crippen molar-refractivity contribution in [2.45, 2.75) is 32.7 Å². The number of nitrogens with two attached hydrogens (primary N) is 1. The van der Waals surface area contributed by atoms with Crippen LogP contribution in [-0.2, 0) is 4.79 Å². The zero-order chi connectivity index (χ0) is 14.5. The van der Waals surface area contributed by atoms with Gasteiger partial charge in [0.15, 0.2) is 6.61 Å². The van der Waals surface area contributed by atoms with E-state index in [1.165, 1.54) is 0 Å². The third kappa shape index (κ3) is 4.87. The minimum absolute atomic E-state index is 0.0525. The molecule has 0 aliphatic heterocycles. The summed E-state index contributed by atoms with van der Waals surface area (Å²) in [6, 6.07) is 7.14. The van der Waals surface area contributed by atoms with Gasteiger partial charge in [0, 0.05) is 5.54 Å². The second-order valence-electron chi connectivity index (χ2n) is 4.93. The number of carbonyl (C=O) groups excluding carboxylic acids is 1. The fraction of sp³-hybridized carbons (Fsp3) is 0.429. The van der Waals surface area contributed by atoms with Gasteiger partial charge in [0.1, 0.15) is 10.7 Å². The van der Waals surface area contributed by atoms with Crippen LogP contribution in [0.15, 0.2) is 24.3 Å². The van der Waals surface area contributed by atoms with Crippen LogP contribution < -0.4 is 15.8 Å². The van der Waals surface area contributed by atoms with Crippen molar-refractivity contribution in [3.63, 3.8) is 0 Å². The van der Waals surface area contributed by atoms with Gasteiger partial charge in [-0.3, -0.25) is 4.79 Å². The number of amides is 1. The number of thiocarbonyl (C=S) groups is 1. The molecule has 1 aromatic carbocycles. The molecule has 0 spiro atoms. The van der Waals surface area contributed by atoms with Gasteiger partial charge >= 0.3 is 0 Å². The second kappa shape index (κ2) is 6.52. The first-order chi connectivity index (χ1) is 8.85. The predicted octanol–water partition coefficient (Wildman–Crippen LogP) is 2.00. The Morgan fingerprint density at radius 1 is 1.42 bits per heavy atom. The lowest BCUT2D eigenvalue weighted by Crippen LogP contribution is -2.45. The molecule has 0 aliphatic rings. The van der Waals surface area contributed by atoms with Crippen molar-refractivity contribution in [2.75, 3.05) is 6.61 Å². The average molecular weight is 280 g/mol. The molecule has 1 amide bonds. The Hall–Kier alpha value is -1.62. The van der Waals surface area contributed by atoms with Crippen LogP contribution in [0.5, 0.6) is 5.75 Å². The van der Waals surface area contributed by atoms with E-state index in [1.54, 1.807) is 12.1 Å². The number of hydrogen-bond acceptors (Lipinski definition) is 3. The molecule has 104 valence electrons. The van der Waals surface area contributed by atoms with Crippen LogP contribution in [0.3, 0.4) is 0 Å². The lowest BCUT2D eigenvalue weighted by Gasteiger charge is -2.24. The van der Waals surface area contributed by atoms with E-state index >= 15 is 0 Å². The summed E-state index contributed by atoms with van der Waals surface area (Å²) in [5.41, 5.74) is 6.00. The van der Waals surface area contributed by atoms with E-state index in [9.17, 15) is 4.79 Å². The molecule has 0 bridgehead atoms. The van der Waals surface area contributed by atoms with E-state index in [4.69, 9.17) is 22.7 Å². The molecular weight excluding hydrogens is 260 g/mol. The molecular formula is C14H20N2O2S. The molecule has 3 N–H and O–H groups in total. The first-order valence-corrected chi connectivity index (χ1v) is 6.59. The number of para-hydroxylation sites is 1. The van der Waals surface area contributed by atoms with Crippen molar-refractivity contribution in [3.05, 3.63) is 29.8 Å². The van der Waals surface area contributed by atoms with Gasteiger partial charge in [-0.05, 0) is 32.4 Å². The second-order valence-corrected chi connectivity index (χ2v) is 5.37. The zero-order valence-corrected chi connectivity index (χ0v) is 12.3. The summed E-state index contributed by atoms with van der Waals surface area (Å²) in [6.45, 7) is 5.90. The van der Waals surface area contributed by atoms with Crippen molar-refractivity contribution in [2.24, 2.45) is 5.73 Å². The molecule has 0 saturated heterocycles. The van der Waals surface area contributed by atoms with Gasteiger partial charge in [-0.15, -0.1) is 0 Å². The lowest BCUT2D eigenvalue weighted by atomic mass is 10.0. The van der Waals surface area contributed by atoms with Crippen molar-refractivity contribution < 1.29 is 9.53 Å². The molecule has 1 aromatic rings. The highest BCUT2D eigenvalue weighted by Crippen LogP contribution is 2.17.